The molecule has 0 bridgehead atoms. The first kappa shape index (κ1) is 16.2. The minimum atomic E-state index is -0.316. The fourth-order valence-electron chi connectivity index (χ4n) is 2.52. The zero-order valence-electron chi connectivity index (χ0n) is 12.8. The Balaban J connectivity index is 2.12. The molecule has 1 N–H and O–H groups in total. The lowest BCUT2D eigenvalue weighted by Gasteiger charge is -2.32. The maximum atomic E-state index is 11.9. The number of thiophene rings is 1. The van der Waals surface area contributed by atoms with E-state index in [1.54, 1.807) is 11.3 Å². The van der Waals surface area contributed by atoms with Crippen LogP contribution in [0, 0.1) is 5.92 Å². The maximum absolute atomic E-state index is 11.9. The van der Waals surface area contributed by atoms with Crippen LogP contribution in [0.3, 0.4) is 0 Å². The van der Waals surface area contributed by atoms with Crippen LogP contribution in [0.1, 0.15) is 41.9 Å². The zero-order chi connectivity index (χ0) is 15.4. The zero-order valence-corrected chi connectivity index (χ0v) is 14.4. The average Bonchev–Trinajstić information content (AvgIpc) is 2.89. The number of nitrogens with one attached hydrogen (secondary N) is 1. The van der Waals surface area contributed by atoms with Crippen LogP contribution in [0.2, 0.25) is 0 Å². The Morgan fingerprint density at radius 1 is 1.62 bits per heavy atom. The van der Waals surface area contributed by atoms with Gasteiger partial charge in [-0.3, -0.25) is 0 Å². The summed E-state index contributed by atoms with van der Waals surface area (Å²) < 4.78 is 4.85. The molecule has 4 nitrogen and oxygen atoms in total. The fraction of sp³-hybridized carbons (Fsp3) is 0.600. The third kappa shape index (κ3) is 3.95. The molecule has 0 saturated carbocycles. The van der Waals surface area contributed by atoms with E-state index in [0.29, 0.717) is 16.6 Å². The molecule has 21 heavy (non-hydrogen) atoms. The van der Waals surface area contributed by atoms with E-state index in [1.165, 1.54) is 13.5 Å². The van der Waals surface area contributed by atoms with Gasteiger partial charge in [-0.1, -0.05) is 13.8 Å². The topological polar surface area (TPSA) is 41.6 Å². The highest BCUT2D eigenvalue weighted by Gasteiger charge is 2.22. The second kappa shape index (κ2) is 7.22. The van der Waals surface area contributed by atoms with Gasteiger partial charge in [-0.15, -0.1) is 11.3 Å². The lowest BCUT2D eigenvalue weighted by molar-refractivity contribution is 0.0602. The van der Waals surface area contributed by atoms with Crippen molar-refractivity contribution in [3.8, 4) is 0 Å². The Bertz CT molecular complexity index is 528. The second-order valence-corrected chi connectivity index (χ2v) is 6.95. The molecular weight excluding hydrogens is 304 g/mol. The Labute approximate surface area is 135 Å². The van der Waals surface area contributed by atoms with Crippen LogP contribution in [-0.2, 0) is 11.2 Å². The highest BCUT2D eigenvalue weighted by molar-refractivity contribution is 7.80. The number of aryl methyl sites for hydroxylation is 1. The molecule has 0 unspecified atom stereocenters. The van der Waals surface area contributed by atoms with Crippen molar-refractivity contribution in [2.24, 2.45) is 5.92 Å². The van der Waals surface area contributed by atoms with Crippen LogP contribution < -0.4 is 5.32 Å². The first-order valence-electron chi connectivity index (χ1n) is 7.32. The predicted octanol–water partition coefficient (Wildman–Crippen LogP) is 3.53. The van der Waals surface area contributed by atoms with Crippen LogP contribution in [0.25, 0.3) is 0 Å². The van der Waals surface area contributed by atoms with Crippen LogP contribution in [0.15, 0.2) is 6.07 Å². The number of piperidine rings is 1. The van der Waals surface area contributed by atoms with E-state index in [9.17, 15) is 4.79 Å². The van der Waals surface area contributed by atoms with Crippen LogP contribution in [0.5, 0.6) is 0 Å². The molecule has 116 valence electrons. The molecule has 0 amide bonds. The van der Waals surface area contributed by atoms with E-state index in [-0.39, 0.29) is 5.97 Å². The fourth-order valence-corrected chi connectivity index (χ4v) is 3.84. The minimum absolute atomic E-state index is 0.316. The number of methoxy groups -OCH3 is 1. The molecule has 1 aromatic heterocycles. The van der Waals surface area contributed by atoms with Gasteiger partial charge in [0.1, 0.15) is 5.00 Å². The standard InChI is InChI=1S/C15H22N2O2S2/c1-4-11-8-12(14(18)19-3)13(21-11)16-15(20)17-7-5-6-10(2)9-17/h8,10H,4-7,9H2,1-3H3,(H,16,20)/t10-/m0/s1. The SMILES string of the molecule is CCc1cc(C(=O)OC)c(NC(=S)N2CCC[C@H](C)C2)s1. The number of likely N-dealkylation sites (tertiary alicyclic amines) is 1. The number of hydrogen-bond donors (Lipinski definition) is 1. The van der Waals surface area contributed by atoms with Crippen molar-refractivity contribution < 1.29 is 9.53 Å². The molecule has 1 atom stereocenters. The number of nitrogens with zero attached hydrogens (tertiary/aromatic N) is 1. The lowest BCUT2D eigenvalue weighted by Crippen LogP contribution is -2.41. The van der Waals surface area contributed by atoms with Crippen molar-refractivity contribution in [2.45, 2.75) is 33.1 Å². The molecule has 6 heteroatoms. The summed E-state index contributed by atoms with van der Waals surface area (Å²) in [6.45, 7) is 6.28. The van der Waals surface area contributed by atoms with Gasteiger partial charge in [0.25, 0.3) is 0 Å². The van der Waals surface area contributed by atoms with Crippen molar-refractivity contribution in [3.63, 3.8) is 0 Å². The van der Waals surface area contributed by atoms with Gasteiger partial charge in [0.05, 0.1) is 12.7 Å². The molecule has 0 aliphatic carbocycles. The van der Waals surface area contributed by atoms with E-state index < -0.39 is 0 Å². The monoisotopic (exact) mass is 326 g/mol. The van der Waals surface area contributed by atoms with Crippen molar-refractivity contribution >= 4 is 39.6 Å². The van der Waals surface area contributed by atoms with Gasteiger partial charge in [-0.05, 0) is 43.5 Å². The summed E-state index contributed by atoms with van der Waals surface area (Å²) in [7, 11) is 1.40. The summed E-state index contributed by atoms with van der Waals surface area (Å²) in [5, 5.41) is 4.74. The van der Waals surface area contributed by atoms with Gasteiger partial charge >= 0.3 is 5.97 Å². The highest BCUT2D eigenvalue weighted by Crippen LogP contribution is 2.30. The van der Waals surface area contributed by atoms with Gasteiger partial charge in [-0.25, -0.2) is 4.79 Å². The molecule has 1 aromatic rings. The first-order chi connectivity index (χ1) is 10.0. The number of hydrogen-bond acceptors (Lipinski definition) is 4. The Morgan fingerprint density at radius 3 is 3.00 bits per heavy atom. The molecule has 0 radical (unpaired) electrons. The highest BCUT2D eigenvalue weighted by atomic mass is 32.1. The largest absolute Gasteiger partial charge is 0.465 e. The number of carbonyl (C=O) groups is 1. The molecule has 1 saturated heterocycles. The van der Waals surface area contributed by atoms with Gasteiger partial charge in [-0.2, -0.15) is 0 Å². The lowest BCUT2D eigenvalue weighted by atomic mass is 10.0. The van der Waals surface area contributed by atoms with E-state index >= 15 is 0 Å². The predicted molar refractivity (Wildman–Crippen MR) is 91.2 cm³/mol. The quantitative estimate of drug-likeness (QED) is 0.680. The summed E-state index contributed by atoms with van der Waals surface area (Å²) in [5.41, 5.74) is 0.576. The summed E-state index contributed by atoms with van der Waals surface area (Å²) in [5.74, 6) is 0.344. The van der Waals surface area contributed by atoms with Crippen molar-refractivity contribution in [3.05, 3.63) is 16.5 Å². The summed E-state index contributed by atoms with van der Waals surface area (Å²) in [6, 6.07) is 1.89. The smallest absolute Gasteiger partial charge is 0.340 e. The third-order valence-electron chi connectivity index (χ3n) is 3.70. The number of thiocarbonyl (C=S) groups is 1. The number of anilines is 1. The second-order valence-electron chi connectivity index (χ2n) is 5.42. The third-order valence-corrected chi connectivity index (χ3v) is 5.26. The minimum Gasteiger partial charge on any atom is -0.465 e. The van der Waals surface area contributed by atoms with Gasteiger partial charge in [0.2, 0.25) is 0 Å². The van der Waals surface area contributed by atoms with Gasteiger partial charge < -0.3 is 15.0 Å². The first-order valence-corrected chi connectivity index (χ1v) is 8.54. The molecule has 0 spiro atoms. The average molecular weight is 326 g/mol. The molecule has 1 aliphatic heterocycles. The maximum Gasteiger partial charge on any atom is 0.340 e. The van der Waals surface area contributed by atoms with E-state index in [2.05, 4.69) is 24.1 Å². The number of ether oxygens (including phenoxy) is 1. The van der Waals surface area contributed by atoms with Crippen molar-refractivity contribution in [1.82, 2.24) is 4.90 Å². The van der Waals surface area contributed by atoms with Crippen LogP contribution >= 0.6 is 23.6 Å². The normalized spacial score (nSPS) is 18.4. The number of rotatable bonds is 3. The Hall–Kier alpha value is -1.14. The molecule has 2 rings (SSSR count). The van der Waals surface area contributed by atoms with E-state index in [0.717, 1.165) is 35.8 Å². The van der Waals surface area contributed by atoms with Crippen LogP contribution in [-0.4, -0.2) is 36.2 Å². The molecule has 1 fully saturated rings. The van der Waals surface area contributed by atoms with E-state index in [4.69, 9.17) is 17.0 Å². The van der Waals surface area contributed by atoms with Gasteiger partial charge in [0, 0.05) is 18.0 Å². The Kier molecular flexibility index (Phi) is 5.58. The summed E-state index contributed by atoms with van der Waals surface area (Å²) in [6.07, 6.45) is 3.31. The number of esters is 1. The molecule has 1 aliphatic rings. The molecular formula is C15H22N2O2S2. The molecule has 0 aromatic carbocycles. The van der Waals surface area contributed by atoms with Crippen molar-refractivity contribution in [2.75, 3.05) is 25.5 Å². The van der Waals surface area contributed by atoms with Crippen molar-refractivity contribution in [1.29, 1.82) is 0 Å². The molecule has 2 heterocycles. The van der Waals surface area contributed by atoms with Crippen LogP contribution in [0.4, 0.5) is 5.00 Å². The Morgan fingerprint density at radius 2 is 2.38 bits per heavy atom. The summed E-state index contributed by atoms with van der Waals surface area (Å²) in [4.78, 5) is 15.2. The number of carbonyl (C=O) groups excluding carboxylic acids is 1. The van der Waals surface area contributed by atoms with Gasteiger partial charge in [0.15, 0.2) is 5.11 Å². The van der Waals surface area contributed by atoms with E-state index in [1.807, 2.05) is 6.07 Å². The summed E-state index contributed by atoms with van der Waals surface area (Å²) >= 11 is 7.08.